The zero-order valence-corrected chi connectivity index (χ0v) is 12.6. The van der Waals surface area contributed by atoms with Crippen molar-refractivity contribution in [2.24, 2.45) is 5.92 Å². The number of allylic oxidation sites excluding steroid dienone is 2. The number of carbonyl (C=O) groups is 1. The van der Waals surface area contributed by atoms with Crippen LogP contribution in [0, 0.1) is 5.92 Å². The summed E-state index contributed by atoms with van der Waals surface area (Å²) in [6, 6.07) is 7.84. The van der Waals surface area contributed by atoms with Crippen molar-refractivity contribution in [1.82, 2.24) is 4.90 Å². The molecule has 112 valence electrons. The molecule has 3 nitrogen and oxygen atoms in total. The Labute approximate surface area is 126 Å². The summed E-state index contributed by atoms with van der Waals surface area (Å²) >= 11 is 0. The minimum Gasteiger partial charge on any atom is -0.497 e. The number of rotatable bonds is 7. The lowest BCUT2D eigenvalue weighted by Gasteiger charge is -2.23. The monoisotopic (exact) mass is 285 g/mol. The summed E-state index contributed by atoms with van der Waals surface area (Å²) in [5.41, 5.74) is 1.08. The lowest BCUT2D eigenvalue weighted by Crippen LogP contribution is -2.31. The van der Waals surface area contributed by atoms with Crippen LogP contribution in [-0.2, 0) is 11.3 Å². The summed E-state index contributed by atoms with van der Waals surface area (Å²) in [7, 11) is 1.65. The molecule has 0 bridgehead atoms. The topological polar surface area (TPSA) is 29.5 Å². The van der Waals surface area contributed by atoms with Crippen LogP contribution in [0.1, 0.15) is 24.8 Å². The van der Waals surface area contributed by atoms with E-state index >= 15 is 0 Å². The van der Waals surface area contributed by atoms with Crippen LogP contribution in [0.15, 0.2) is 49.1 Å². The van der Waals surface area contributed by atoms with E-state index in [-0.39, 0.29) is 5.91 Å². The van der Waals surface area contributed by atoms with E-state index in [0.29, 0.717) is 25.4 Å². The van der Waals surface area contributed by atoms with Crippen molar-refractivity contribution in [2.45, 2.75) is 25.8 Å². The maximum atomic E-state index is 12.5. The largest absolute Gasteiger partial charge is 0.497 e. The van der Waals surface area contributed by atoms with Gasteiger partial charge in [-0.3, -0.25) is 4.79 Å². The molecule has 1 atom stereocenters. The van der Waals surface area contributed by atoms with Crippen molar-refractivity contribution >= 4 is 5.91 Å². The van der Waals surface area contributed by atoms with E-state index in [0.717, 1.165) is 24.2 Å². The lowest BCUT2D eigenvalue weighted by molar-refractivity contribution is -0.131. The van der Waals surface area contributed by atoms with Crippen LogP contribution < -0.4 is 4.74 Å². The van der Waals surface area contributed by atoms with Crippen LogP contribution in [-0.4, -0.2) is 24.5 Å². The Bertz CT molecular complexity index is 522. The molecule has 1 aliphatic rings. The molecule has 0 aliphatic heterocycles. The van der Waals surface area contributed by atoms with Gasteiger partial charge in [-0.2, -0.15) is 0 Å². The summed E-state index contributed by atoms with van der Waals surface area (Å²) in [6.07, 6.45) is 8.88. The van der Waals surface area contributed by atoms with Gasteiger partial charge in [0.25, 0.3) is 0 Å². The fourth-order valence-electron chi connectivity index (χ4n) is 2.62. The van der Waals surface area contributed by atoms with Crippen molar-refractivity contribution < 1.29 is 9.53 Å². The number of ether oxygens (including phenoxy) is 1. The van der Waals surface area contributed by atoms with Gasteiger partial charge in [0, 0.05) is 19.5 Å². The van der Waals surface area contributed by atoms with E-state index in [1.54, 1.807) is 13.2 Å². The quantitative estimate of drug-likeness (QED) is 0.717. The Balaban J connectivity index is 2.01. The molecular weight excluding hydrogens is 262 g/mol. The summed E-state index contributed by atoms with van der Waals surface area (Å²) < 4.78 is 5.23. The predicted octanol–water partition coefficient (Wildman–Crippen LogP) is 3.57. The van der Waals surface area contributed by atoms with Gasteiger partial charge in [0.05, 0.1) is 7.11 Å². The van der Waals surface area contributed by atoms with Crippen LogP contribution >= 0.6 is 0 Å². The number of hydrogen-bond donors (Lipinski definition) is 0. The fourth-order valence-corrected chi connectivity index (χ4v) is 2.62. The van der Waals surface area contributed by atoms with Gasteiger partial charge in [-0.05, 0) is 36.5 Å². The molecule has 0 aromatic heterocycles. The van der Waals surface area contributed by atoms with E-state index in [1.165, 1.54) is 0 Å². The first-order valence-electron chi connectivity index (χ1n) is 7.41. The first-order valence-corrected chi connectivity index (χ1v) is 7.41. The van der Waals surface area contributed by atoms with Crippen molar-refractivity contribution in [2.75, 3.05) is 13.7 Å². The number of hydrogen-bond acceptors (Lipinski definition) is 2. The van der Waals surface area contributed by atoms with Gasteiger partial charge < -0.3 is 9.64 Å². The minimum absolute atomic E-state index is 0.189. The highest BCUT2D eigenvalue weighted by atomic mass is 16.5. The standard InChI is InChI=1S/C18H23NO2/c1-3-11-19(18(20)13-15-7-4-5-8-15)14-16-9-6-10-17(12-16)21-2/h3-4,6-7,9-10,12,15H,1,5,8,11,13-14H2,2H3/t15-/m0/s1. The first-order chi connectivity index (χ1) is 10.2. The van der Waals surface area contributed by atoms with Gasteiger partial charge in [-0.1, -0.05) is 30.4 Å². The van der Waals surface area contributed by atoms with E-state index in [2.05, 4.69) is 18.7 Å². The van der Waals surface area contributed by atoms with Crippen LogP contribution in [0.3, 0.4) is 0 Å². The van der Waals surface area contributed by atoms with E-state index in [4.69, 9.17) is 4.74 Å². The SMILES string of the molecule is C=CCN(Cc1cccc(OC)c1)C(=O)C[C@H]1C=CCC1. The van der Waals surface area contributed by atoms with Crippen molar-refractivity contribution in [3.05, 3.63) is 54.6 Å². The number of carbonyl (C=O) groups excluding carboxylic acids is 1. The van der Waals surface area contributed by atoms with Crippen molar-refractivity contribution in [1.29, 1.82) is 0 Å². The second-order valence-electron chi connectivity index (χ2n) is 5.38. The molecule has 0 unspecified atom stereocenters. The van der Waals surface area contributed by atoms with Gasteiger partial charge in [-0.25, -0.2) is 0 Å². The Morgan fingerprint density at radius 2 is 2.38 bits per heavy atom. The van der Waals surface area contributed by atoms with Gasteiger partial charge in [0.15, 0.2) is 0 Å². The van der Waals surface area contributed by atoms with E-state index in [9.17, 15) is 4.79 Å². The molecule has 3 heteroatoms. The fraction of sp³-hybridized carbons (Fsp3) is 0.389. The number of methoxy groups -OCH3 is 1. The zero-order valence-electron chi connectivity index (χ0n) is 12.6. The molecule has 1 aliphatic carbocycles. The third kappa shape index (κ3) is 4.48. The van der Waals surface area contributed by atoms with Crippen LogP contribution in [0.25, 0.3) is 0 Å². The molecule has 1 aromatic carbocycles. The molecule has 0 saturated carbocycles. The van der Waals surface area contributed by atoms with Gasteiger partial charge in [0.1, 0.15) is 5.75 Å². The van der Waals surface area contributed by atoms with E-state index < -0.39 is 0 Å². The Morgan fingerprint density at radius 1 is 1.52 bits per heavy atom. The average Bonchev–Trinajstić information content (AvgIpc) is 3.00. The van der Waals surface area contributed by atoms with Crippen LogP contribution in [0.2, 0.25) is 0 Å². The number of benzene rings is 1. The molecule has 0 fully saturated rings. The van der Waals surface area contributed by atoms with Crippen LogP contribution in [0.4, 0.5) is 0 Å². The molecule has 21 heavy (non-hydrogen) atoms. The molecule has 2 rings (SSSR count). The maximum Gasteiger partial charge on any atom is 0.223 e. The molecule has 0 saturated heterocycles. The highest BCUT2D eigenvalue weighted by Crippen LogP contribution is 2.22. The van der Waals surface area contributed by atoms with Crippen molar-refractivity contribution in [3.63, 3.8) is 0 Å². The summed E-state index contributed by atoms with van der Waals surface area (Å²) in [5.74, 6) is 1.40. The minimum atomic E-state index is 0.189. The molecule has 0 spiro atoms. The lowest BCUT2D eigenvalue weighted by atomic mass is 10.0. The highest BCUT2D eigenvalue weighted by molar-refractivity contribution is 5.77. The molecule has 1 aromatic rings. The molecule has 1 amide bonds. The Morgan fingerprint density at radius 3 is 3.05 bits per heavy atom. The second-order valence-corrected chi connectivity index (χ2v) is 5.38. The smallest absolute Gasteiger partial charge is 0.223 e. The van der Waals surface area contributed by atoms with Gasteiger partial charge in [-0.15, -0.1) is 6.58 Å². The van der Waals surface area contributed by atoms with Crippen molar-refractivity contribution in [3.8, 4) is 5.75 Å². The summed E-state index contributed by atoms with van der Waals surface area (Å²) in [5, 5.41) is 0. The zero-order chi connectivity index (χ0) is 15.1. The van der Waals surface area contributed by atoms with Gasteiger partial charge in [0.2, 0.25) is 5.91 Å². The van der Waals surface area contributed by atoms with Crippen LogP contribution in [0.5, 0.6) is 5.75 Å². The Hall–Kier alpha value is -2.03. The first kappa shape index (κ1) is 15.4. The second kappa shape index (κ2) is 7.67. The van der Waals surface area contributed by atoms with Gasteiger partial charge >= 0.3 is 0 Å². The molecular formula is C18H23NO2. The maximum absolute atomic E-state index is 12.5. The summed E-state index contributed by atoms with van der Waals surface area (Å²) in [4.78, 5) is 14.3. The van der Waals surface area contributed by atoms with E-state index in [1.807, 2.05) is 29.2 Å². The third-order valence-corrected chi connectivity index (χ3v) is 3.76. The Kier molecular flexibility index (Phi) is 5.61. The molecule has 0 radical (unpaired) electrons. The molecule has 0 heterocycles. The number of nitrogens with zero attached hydrogens (tertiary/aromatic N) is 1. The summed E-state index contributed by atoms with van der Waals surface area (Å²) in [6.45, 7) is 4.93. The highest BCUT2D eigenvalue weighted by Gasteiger charge is 2.19. The molecule has 0 N–H and O–H groups in total. The predicted molar refractivity (Wildman–Crippen MR) is 85.1 cm³/mol. The third-order valence-electron chi connectivity index (χ3n) is 3.76. The normalized spacial score (nSPS) is 16.7. The number of amides is 1. The average molecular weight is 285 g/mol.